The quantitative estimate of drug-likeness (QED) is 0.734. The smallest absolute Gasteiger partial charge is 0.253 e. The molecule has 28 heavy (non-hydrogen) atoms. The van der Waals surface area contributed by atoms with Crippen LogP contribution in [-0.2, 0) is 6.54 Å². The number of amides is 1. The maximum atomic E-state index is 12.7. The van der Waals surface area contributed by atoms with Gasteiger partial charge in [-0.3, -0.25) is 4.79 Å². The number of carbonyl (C=O) groups is 1. The summed E-state index contributed by atoms with van der Waals surface area (Å²) in [4.78, 5) is 25.3. The van der Waals surface area contributed by atoms with E-state index in [1.54, 1.807) is 0 Å². The summed E-state index contributed by atoms with van der Waals surface area (Å²) in [7, 11) is 2.15. The number of para-hydroxylation sites is 1. The van der Waals surface area contributed by atoms with E-state index in [2.05, 4.69) is 39.1 Å². The average molecular weight is 377 g/mol. The van der Waals surface area contributed by atoms with Gasteiger partial charge in [-0.1, -0.05) is 18.2 Å². The highest BCUT2D eigenvalue weighted by molar-refractivity contribution is 6.06. The molecule has 0 spiro atoms. The zero-order valence-corrected chi connectivity index (χ0v) is 16.7. The molecule has 1 aliphatic rings. The maximum absolute atomic E-state index is 12.7. The Morgan fingerprint density at radius 2 is 1.93 bits per heavy atom. The van der Waals surface area contributed by atoms with Gasteiger partial charge in [0.25, 0.3) is 5.91 Å². The van der Waals surface area contributed by atoms with Crippen molar-refractivity contribution in [3.8, 4) is 0 Å². The van der Waals surface area contributed by atoms with Gasteiger partial charge in [0.05, 0.1) is 11.1 Å². The molecular weight excluding hydrogens is 350 g/mol. The van der Waals surface area contributed by atoms with Gasteiger partial charge in [0, 0.05) is 50.0 Å². The Labute approximate surface area is 165 Å². The highest BCUT2D eigenvalue weighted by atomic mass is 16.1. The van der Waals surface area contributed by atoms with E-state index < -0.39 is 0 Å². The first-order valence-electron chi connectivity index (χ1n) is 9.77. The predicted octanol–water partition coefficient (Wildman–Crippen LogP) is 2.86. The molecule has 1 fully saturated rings. The number of pyridine rings is 1. The minimum absolute atomic E-state index is 0.0741. The number of nitrogens with zero attached hydrogens (tertiary/aromatic N) is 3. The van der Waals surface area contributed by atoms with Gasteiger partial charge in [0.2, 0.25) is 0 Å². The molecule has 1 aliphatic heterocycles. The van der Waals surface area contributed by atoms with Gasteiger partial charge < -0.3 is 20.1 Å². The number of anilines is 1. The number of fused-ring (bicyclic) bond motifs is 1. The molecule has 2 N–H and O–H groups in total. The predicted molar refractivity (Wildman–Crippen MR) is 113 cm³/mol. The summed E-state index contributed by atoms with van der Waals surface area (Å²) in [5.41, 5.74) is 4.86. The van der Waals surface area contributed by atoms with Crippen molar-refractivity contribution in [1.82, 2.24) is 20.2 Å². The normalized spacial score (nSPS) is 15.2. The summed E-state index contributed by atoms with van der Waals surface area (Å²) in [5, 5.41) is 4.12. The van der Waals surface area contributed by atoms with E-state index in [1.807, 2.05) is 43.5 Å². The van der Waals surface area contributed by atoms with Crippen LogP contribution in [0.15, 0.2) is 36.5 Å². The van der Waals surface area contributed by atoms with Crippen molar-refractivity contribution in [3.05, 3.63) is 58.9 Å². The molecular formula is C22H27N5O. The van der Waals surface area contributed by atoms with Crippen LogP contribution in [0.25, 0.3) is 10.9 Å². The van der Waals surface area contributed by atoms with Crippen LogP contribution in [0, 0.1) is 13.8 Å². The second-order valence-electron chi connectivity index (χ2n) is 7.60. The van der Waals surface area contributed by atoms with Crippen molar-refractivity contribution in [2.45, 2.75) is 20.4 Å². The third kappa shape index (κ3) is 3.60. The van der Waals surface area contributed by atoms with Crippen LogP contribution in [0.1, 0.15) is 27.2 Å². The zero-order valence-electron chi connectivity index (χ0n) is 16.7. The van der Waals surface area contributed by atoms with E-state index in [-0.39, 0.29) is 5.91 Å². The van der Waals surface area contributed by atoms with Crippen molar-refractivity contribution >= 4 is 22.6 Å². The molecule has 2 aromatic heterocycles. The summed E-state index contributed by atoms with van der Waals surface area (Å²) >= 11 is 0. The topological polar surface area (TPSA) is 64.3 Å². The number of nitrogens with one attached hydrogen (secondary N) is 2. The van der Waals surface area contributed by atoms with Crippen LogP contribution in [-0.4, -0.2) is 54.0 Å². The number of piperazine rings is 1. The van der Waals surface area contributed by atoms with E-state index in [0.717, 1.165) is 54.2 Å². The summed E-state index contributed by atoms with van der Waals surface area (Å²) < 4.78 is 0. The molecule has 1 saturated heterocycles. The molecule has 6 nitrogen and oxygen atoms in total. The first-order valence-corrected chi connectivity index (χ1v) is 9.77. The lowest BCUT2D eigenvalue weighted by atomic mass is 10.1. The molecule has 4 rings (SSSR count). The Morgan fingerprint density at radius 3 is 2.64 bits per heavy atom. The number of H-pyrrole nitrogens is 1. The van der Waals surface area contributed by atoms with Crippen LogP contribution < -0.4 is 10.2 Å². The fourth-order valence-electron chi connectivity index (χ4n) is 3.69. The third-order valence-corrected chi connectivity index (χ3v) is 5.68. The summed E-state index contributed by atoms with van der Waals surface area (Å²) in [6.45, 7) is 8.68. The minimum Gasteiger partial charge on any atom is -0.358 e. The van der Waals surface area contributed by atoms with Crippen molar-refractivity contribution in [1.29, 1.82) is 0 Å². The van der Waals surface area contributed by atoms with Crippen molar-refractivity contribution in [2.75, 3.05) is 38.1 Å². The number of likely N-dealkylation sites (N-methyl/N-ethyl adjacent to an activating group) is 1. The molecule has 0 aliphatic carbocycles. The van der Waals surface area contributed by atoms with E-state index >= 15 is 0 Å². The molecule has 0 atom stereocenters. The molecule has 0 radical (unpaired) electrons. The first kappa shape index (κ1) is 18.5. The highest BCUT2D eigenvalue weighted by Gasteiger charge is 2.16. The van der Waals surface area contributed by atoms with E-state index in [1.165, 1.54) is 5.56 Å². The van der Waals surface area contributed by atoms with E-state index in [4.69, 9.17) is 0 Å². The Balaban J connectivity index is 1.42. The fraction of sp³-hybridized carbons (Fsp3) is 0.364. The van der Waals surface area contributed by atoms with Crippen LogP contribution in [0.4, 0.5) is 5.82 Å². The van der Waals surface area contributed by atoms with Crippen molar-refractivity contribution in [2.24, 2.45) is 0 Å². The van der Waals surface area contributed by atoms with E-state index in [9.17, 15) is 4.79 Å². The van der Waals surface area contributed by atoms with Gasteiger partial charge in [0.15, 0.2) is 0 Å². The Hall–Kier alpha value is -2.86. The molecule has 146 valence electrons. The number of rotatable bonds is 4. The standard InChI is InChI=1S/C22H27N5O/c1-15-16(2)25-21-18(15)5-4-6-19(21)22(28)24-14-17-7-8-20(23-13-17)27-11-9-26(3)10-12-27/h4-8,13,25H,9-12,14H2,1-3H3,(H,24,28). The van der Waals surface area contributed by atoms with Gasteiger partial charge >= 0.3 is 0 Å². The summed E-state index contributed by atoms with van der Waals surface area (Å²) in [6.07, 6.45) is 1.86. The minimum atomic E-state index is -0.0741. The van der Waals surface area contributed by atoms with Crippen molar-refractivity contribution in [3.63, 3.8) is 0 Å². The molecule has 3 aromatic rings. The first-order chi connectivity index (χ1) is 13.5. The van der Waals surface area contributed by atoms with Gasteiger partial charge in [-0.2, -0.15) is 0 Å². The van der Waals surface area contributed by atoms with Gasteiger partial charge in [-0.05, 0) is 44.2 Å². The lowest BCUT2D eigenvalue weighted by Gasteiger charge is -2.33. The maximum Gasteiger partial charge on any atom is 0.253 e. The van der Waals surface area contributed by atoms with Gasteiger partial charge in [0.1, 0.15) is 5.82 Å². The lowest BCUT2D eigenvalue weighted by Crippen LogP contribution is -2.44. The Bertz CT molecular complexity index is 984. The van der Waals surface area contributed by atoms with Gasteiger partial charge in [-0.15, -0.1) is 0 Å². The fourth-order valence-corrected chi connectivity index (χ4v) is 3.69. The zero-order chi connectivity index (χ0) is 19.7. The second kappa shape index (κ2) is 7.64. The van der Waals surface area contributed by atoms with Crippen molar-refractivity contribution < 1.29 is 4.79 Å². The third-order valence-electron chi connectivity index (χ3n) is 5.68. The molecule has 1 aromatic carbocycles. The molecule has 0 unspecified atom stereocenters. The Kier molecular flexibility index (Phi) is 5.05. The molecule has 0 saturated carbocycles. The molecule has 0 bridgehead atoms. The number of aryl methyl sites for hydroxylation is 2. The number of benzene rings is 1. The number of aromatic amines is 1. The largest absolute Gasteiger partial charge is 0.358 e. The second-order valence-corrected chi connectivity index (χ2v) is 7.60. The average Bonchev–Trinajstić information content (AvgIpc) is 3.01. The summed E-state index contributed by atoms with van der Waals surface area (Å²) in [6, 6.07) is 9.94. The number of hydrogen-bond donors (Lipinski definition) is 2. The number of hydrogen-bond acceptors (Lipinski definition) is 4. The van der Waals surface area contributed by atoms with Crippen LogP contribution in [0.2, 0.25) is 0 Å². The Morgan fingerprint density at radius 1 is 1.14 bits per heavy atom. The molecule has 6 heteroatoms. The van der Waals surface area contributed by atoms with Crippen LogP contribution in [0.3, 0.4) is 0 Å². The number of carbonyl (C=O) groups excluding carboxylic acids is 1. The lowest BCUT2D eigenvalue weighted by molar-refractivity contribution is 0.0952. The van der Waals surface area contributed by atoms with E-state index in [0.29, 0.717) is 12.1 Å². The highest BCUT2D eigenvalue weighted by Crippen LogP contribution is 2.24. The molecule has 3 heterocycles. The number of aromatic nitrogens is 2. The monoisotopic (exact) mass is 377 g/mol. The van der Waals surface area contributed by atoms with Crippen LogP contribution >= 0.6 is 0 Å². The summed E-state index contributed by atoms with van der Waals surface area (Å²) in [5.74, 6) is 0.931. The van der Waals surface area contributed by atoms with Gasteiger partial charge in [-0.25, -0.2) is 4.98 Å². The molecule has 1 amide bonds. The van der Waals surface area contributed by atoms with Crippen LogP contribution in [0.5, 0.6) is 0 Å². The SMILES string of the molecule is Cc1[nH]c2c(C(=O)NCc3ccc(N4CCN(C)CC4)nc3)cccc2c1C.